The molecule has 0 radical (unpaired) electrons. The lowest BCUT2D eigenvalue weighted by Crippen LogP contribution is -2.61. The van der Waals surface area contributed by atoms with Gasteiger partial charge in [-0.25, -0.2) is 0 Å². The minimum atomic E-state index is -0.0559. The maximum atomic E-state index is 5.99. The van der Waals surface area contributed by atoms with Crippen LogP contribution in [0.25, 0.3) is 0 Å². The van der Waals surface area contributed by atoms with Crippen LogP contribution >= 0.6 is 0 Å². The molecule has 1 aromatic carbocycles. The van der Waals surface area contributed by atoms with Gasteiger partial charge in [0.1, 0.15) is 5.75 Å². The third-order valence-electron chi connectivity index (χ3n) is 3.81. The lowest BCUT2D eigenvalue weighted by molar-refractivity contribution is 0.0973. The van der Waals surface area contributed by atoms with Crippen LogP contribution in [-0.4, -0.2) is 52.9 Å². The molecule has 1 saturated heterocycles. The second-order valence-corrected chi connectivity index (χ2v) is 5.06. The van der Waals surface area contributed by atoms with E-state index in [1.807, 2.05) is 12.1 Å². The number of nitrogens with zero attached hydrogens (tertiary/aromatic N) is 1. The van der Waals surface area contributed by atoms with E-state index in [4.69, 9.17) is 19.9 Å². The van der Waals surface area contributed by atoms with E-state index in [1.54, 1.807) is 21.3 Å². The summed E-state index contributed by atoms with van der Waals surface area (Å²) in [4.78, 5) is 2.24. The average molecular weight is 266 g/mol. The smallest absolute Gasteiger partial charge is 0.164 e. The first-order valence-electron chi connectivity index (χ1n) is 6.29. The van der Waals surface area contributed by atoms with Crippen LogP contribution in [-0.2, 0) is 5.41 Å². The van der Waals surface area contributed by atoms with Crippen molar-refractivity contribution >= 4 is 0 Å². The van der Waals surface area contributed by atoms with Gasteiger partial charge in [0.25, 0.3) is 0 Å². The molecular weight excluding hydrogens is 244 g/mol. The van der Waals surface area contributed by atoms with Crippen LogP contribution in [0, 0.1) is 0 Å². The molecule has 1 fully saturated rings. The molecule has 0 spiro atoms. The molecule has 0 aromatic heterocycles. The molecular formula is C14H22N2O3. The first kappa shape index (κ1) is 14.0. The fourth-order valence-corrected chi connectivity index (χ4v) is 2.84. The molecule has 1 heterocycles. The number of hydrogen-bond acceptors (Lipinski definition) is 5. The summed E-state index contributed by atoms with van der Waals surface area (Å²) >= 11 is 0. The zero-order valence-electron chi connectivity index (χ0n) is 12.0. The van der Waals surface area contributed by atoms with Crippen molar-refractivity contribution in [3.63, 3.8) is 0 Å². The quantitative estimate of drug-likeness (QED) is 0.856. The highest BCUT2D eigenvalue weighted by Crippen LogP contribution is 2.43. The number of likely N-dealkylation sites (N-methyl/N-ethyl adjacent to an activating group) is 1. The Labute approximate surface area is 114 Å². The fourth-order valence-electron chi connectivity index (χ4n) is 2.84. The molecule has 0 saturated carbocycles. The Balaban J connectivity index is 2.49. The summed E-state index contributed by atoms with van der Waals surface area (Å²) in [6.45, 7) is 2.44. The van der Waals surface area contributed by atoms with Gasteiger partial charge in [-0.3, -0.25) is 0 Å². The molecule has 1 aliphatic heterocycles. The Kier molecular flexibility index (Phi) is 3.87. The first-order valence-corrected chi connectivity index (χ1v) is 6.29. The maximum Gasteiger partial charge on any atom is 0.164 e. The van der Waals surface area contributed by atoms with Crippen molar-refractivity contribution in [2.75, 3.05) is 48.0 Å². The molecule has 2 N–H and O–H groups in total. The van der Waals surface area contributed by atoms with Gasteiger partial charge in [0, 0.05) is 36.7 Å². The Morgan fingerprint density at radius 2 is 1.58 bits per heavy atom. The predicted octanol–water partition coefficient (Wildman–Crippen LogP) is 0.854. The molecule has 1 aliphatic rings. The second-order valence-electron chi connectivity index (χ2n) is 5.06. The van der Waals surface area contributed by atoms with Crippen LogP contribution < -0.4 is 19.9 Å². The van der Waals surface area contributed by atoms with Gasteiger partial charge < -0.3 is 24.8 Å². The number of hydrogen-bond donors (Lipinski definition) is 1. The second kappa shape index (κ2) is 5.27. The van der Waals surface area contributed by atoms with Gasteiger partial charge in [0.2, 0.25) is 0 Å². The van der Waals surface area contributed by atoms with Gasteiger partial charge in [-0.15, -0.1) is 0 Å². The van der Waals surface area contributed by atoms with Crippen LogP contribution in [0.2, 0.25) is 0 Å². The summed E-state index contributed by atoms with van der Waals surface area (Å²) < 4.78 is 16.2. The van der Waals surface area contributed by atoms with Crippen molar-refractivity contribution in [1.82, 2.24) is 4.90 Å². The first-order chi connectivity index (χ1) is 9.10. The molecule has 0 amide bonds. The lowest BCUT2D eigenvalue weighted by atomic mass is 9.73. The van der Waals surface area contributed by atoms with E-state index in [-0.39, 0.29) is 5.41 Å². The molecule has 0 bridgehead atoms. The van der Waals surface area contributed by atoms with E-state index in [2.05, 4.69) is 11.9 Å². The number of methoxy groups -OCH3 is 3. The molecule has 19 heavy (non-hydrogen) atoms. The highest BCUT2D eigenvalue weighted by atomic mass is 16.5. The minimum Gasteiger partial charge on any atom is -0.496 e. The number of benzene rings is 1. The van der Waals surface area contributed by atoms with Crippen LogP contribution in [0.4, 0.5) is 0 Å². The van der Waals surface area contributed by atoms with Gasteiger partial charge in [0.15, 0.2) is 11.5 Å². The Bertz CT molecular complexity index is 456. The van der Waals surface area contributed by atoms with Gasteiger partial charge in [-0.2, -0.15) is 0 Å². The Hall–Kier alpha value is -1.46. The molecule has 0 unspecified atom stereocenters. The number of rotatable bonds is 5. The monoisotopic (exact) mass is 266 g/mol. The van der Waals surface area contributed by atoms with E-state index >= 15 is 0 Å². The SMILES string of the molecule is COc1cc(OC)c(C2(CN)CN(C)C2)cc1OC. The van der Waals surface area contributed by atoms with Crippen molar-refractivity contribution in [3.8, 4) is 17.2 Å². The number of likely N-dealkylation sites (tertiary alicyclic amines) is 1. The maximum absolute atomic E-state index is 5.99. The van der Waals surface area contributed by atoms with E-state index < -0.39 is 0 Å². The minimum absolute atomic E-state index is 0.0559. The summed E-state index contributed by atoms with van der Waals surface area (Å²) in [5, 5.41) is 0. The van der Waals surface area contributed by atoms with Crippen molar-refractivity contribution < 1.29 is 14.2 Å². The van der Waals surface area contributed by atoms with E-state index in [9.17, 15) is 0 Å². The molecule has 5 heteroatoms. The normalized spacial score (nSPS) is 17.7. The zero-order chi connectivity index (χ0) is 14.0. The third-order valence-corrected chi connectivity index (χ3v) is 3.81. The molecule has 0 aliphatic carbocycles. The molecule has 1 aromatic rings. The highest BCUT2D eigenvalue weighted by Gasteiger charge is 2.43. The highest BCUT2D eigenvalue weighted by molar-refractivity contribution is 5.54. The Morgan fingerprint density at radius 3 is 2.00 bits per heavy atom. The molecule has 2 rings (SSSR count). The standard InChI is InChI=1S/C14H22N2O3/c1-16-8-14(7-15,9-16)10-5-12(18-3)13(19-4)6-11(10)17-2/h5-6H,7-9,15H2,1-4H3. The van der Waals surface area contributed by atoms with Crippen molar-refractivity contribution in [2.45, 2.75) is 5.41 Å². The molecule has 106 valence electrons. The summed E-state index contributed by atoms with van der Waals surface area (Å²) in [6, 6.07) is 3.85. The third kappa shape index (κ3) is 2.24. The molecule has 0 atom stereocenters. The van der Waals surface area contributed by atoms with E-state index in [0.29, 0.717) is 18.0 Å². The van der Waals surface area contributed by atoms with Gasteiger partial charge in [0.05, 0.1) is 21.3 Å². The average Bonchev–Trinajstić information content (AvgIpc) is 2.42. The number of ether oxygens (including phenoxy) is 3. The summed E-state index contributed by atoms with van der Waals surface area (Å²) in [5.74, 6) is 2.18. The fraction of sp³-hybridized carbons (Fsp3) is 0.571. The van der Waals surface area contributed by atoms with E-state index in [0.717, 1.165) is 24.4 Å². The Morgan fingerprint density at radius 1 is 1.05 bits per heavy atom. The summed E-state index contributed by atoms with van der Waals surface area (Å²) in [5.41, 5.74) is 7.03. The molecule has 5 nitrogen and oxygen atoms in total. The van der Waals surface area contributed by atoms with E-state index in [1.165, 1.54) is 0 Å². The van der Waals surface area contributed by atoms with Crippen molar-refractivity contribution in [1.29, 1.82) is 0 Å². The van der Waals surface area contributed by atoms with Crippen molar-refractivity contribution in [2.24, 2.45) is 5.73 Å². The van der Waals surface area contributed by atoms with Crippen LogP contribution in [0.15, 0.2) is 12.1 Å². The van der Waals surface area contributed by atoms with Gasteiger partial charge in [-0.05, 0) is 13.1 Å². The van der Waals surface area contributed by atoms with Gasteiger partial charge in [-0.1, -0.05) is 0 Å². The van der Waals surface area contributed by atoms with Crippen LogP contribution in [0.1, 0.15) is 5.56 Å². The predicted molar refractivity (Wildman–Crippen MR) is 74.3 cm³/mol. The van der Waals surface area contributed by atoms with Crippen LogP contribution in [0.3, 0.4) is 0 Å². The van der Waals surface area contributed by atoms with Gasteiger partial charge >= 0.3 is 0 Å². The lowest BCUT2D eigenvalue weighted by Gasteiger charge is -2.48. The zero-order valence-corrected chi connectivity index (χ0v) is 12.0. The summed E-state index contributed by atoms with van der Waals surface area (Å²) in [7, 11) is 7.00. The largest absolute Gasteiger partial charge is 0.496 e. The van der Waals surface area contributed by atoms with Crippen molar-refractivity contribution in [3.05, 3.63) is 17.7 Å². The summed E-state index contributed by atoms with van der Waals surface area (Å²) in [6.07, 6.45) is 0. The van der Waals surface area contributed by atoms with Crippen LogP contribution in [0.5, 0.6) is 17.2 Å². The topological polar surface area (TPSA) is 57.0 Å². The number of nitrogens with two attached hydrogens (primary N) is 1.